The van der Waals surface area contributed by atoms with Gasteiger partial charge in [0.15, 0.2) is 6.10 Å². The molecule has 1 saturated heterocycles. The second-order valence-corrected chi connectivity index (χ2v) is 5.58. The van der Waals surface area contributed by atoms with Crippen LogP contribution < -0.4 is 5.32 Å². The van der Waals surface area contributed by atoms with Crippen molar-refractivity contribution in [3.8, 4) is 0 Å². The summed E-state index contributed by atoms with van der Waals surface area (Å²) in [4.78, 5) is 29.6. The van der Waals surface area contributed by atoms with Crippen LogP contribution in [0.5, 0.6) is 0 Å². The van der Waals surface area contributed by atoms with Crippen molar-refractivity contribution in [2.75, 3.05) is 19.7 Å². The third-order valence-electron chi connectivity index (χ3n) is 2.97. The van der Waals surface area contributed by atoms with Crippen LogP contribution in [0.4, 0.5) is 4.79 Å². The molecule has 2 amide bonds. The molecule has 0 aromatic carbocycles. The molecular formula is C12H17N3O4S. The number of rotatable bonds is 4. The van der Waals surface area contributed by atoms with Gasteiger partial charge in [-0.3, -0.25) is 0 Å². The zero-order valence-electron chi connectivity index (χ0n) is 11.2. The Morgan fingerprint density at radius 1 is 1.65 bits per heavy atom. The van der Waals surface area contributed by atoms with E-state index in [1.54, 1.807) is 17.5 Å². The van der Waals surface area contributed by atoms with E-state index in [0.29, 0.717) is 13.1 Å². The van der Waals surface area contributed by atoms with E-state index in [1.807, 2.05) is 0 Å². The number of ether oxygens (including phenoxy) is 1. The fourth-order valence-corrected chi connectivity index (χ4v) is 2.64. The van der Waals surface area contributed by atoms with Crippen LogP contribution in [0.1, 0.15) is 16.8 Å². The molecule has 0 saturated carbocycles. The molecule has 1 atom stereocenters. The van der Waals surface area contributed by atoms with Gasteiger partial charge in [-0.05, 0) is 6.42 Å². The third kappa shape index (κ3) is 3.67. The zero-order valence-corrected chi connectivity index (χ0v) is 12.0. The first-order valence-electron chi connectivity index (χ1n) is 6.41. The molecule has 1 aromatic rings. The van der Waals surface area contributed by atoms with Gasteiger partial charge in [-0.15, -0.1) is 11.3 Å². The second-order valence-electron chi connectivity index (χ2n) is 4.38. The Kier molecular flexibility index (Phi) is 4.91. The Labute approximate surface area is 120 Å². The summed E-state index contributed by atoms with van der Waals surface area (Å²) in [6.45, 7) is 3.11. The number of hydrogen-bond donors (Lipinski definition) is 2. The minimum atomic E-state index is -1.05. The highest BCUT2D eigenvalue weighted by Gasteiger charge is 2.28. The normalized spacial score (nSPS) is 18.9. The van der Waals surface area contributed by atoms with Crippen LogP contribution in [0, 0.1) is 0 Å². The maximum absolute atomic E-state index is 12.0. The molecule has 0 spiro atoms. The van der Waals surface area contributed by atoms with Crippen molar-refractivity contribution >= 4 is 23.3 Å². The number of aromatic nitrogens is 1. The molecule has 0 radical (unpaired) electrons. The van der Waals surface area contributed by atoms with Crippen LogP contribution in [0.3, 0.4) is 0 Å². The number of aliphatic carboxylic acids is 1. The Bertz CT molecular complexity index is 491. The molecule has 20 heavy (non-hydrogen) atoms. The number of nitrogens with one attached hydrogen (secondary N) is 1. The Balaban J connectivity index is 1.83. The van der Waals surface area contributed by atoms with Crippen LogP contribution in [-0.4, -0.2) is 52.8 Å². The highest BCUT2D eigenvalue weighted by atomic mass is 32.1. The van der Waals surface area contributed by atoms with E-state index in [-0.39, 0.29) is 19.2 Å². The van der Waals surface area contributed by atoms with Gasteiger partial charge in [0.2, 0.25) is 0 Å². The largest absolute Gasteiger partial charge is 0.479 e. The van der Waals surface area contributed by atoms with E-state index < -0.39 is 12.1 Å². The fraction of sp³-hybridized carbons (Fsp3) is 0.583. The van der Waals surface area contributed by atoms with Gasteiger partial charge < -0.3 is 20.1 Å². The number of morpholine rings is 1. The number of carbonyl (C=O) groups excluding carboxylic acids is 1. The predicted molar refractivity (Wildman–Crippen MR) is 72.7 cm³/mol. The molecule has 0 bridgehead atoms. The first-order chi connectivity index (χ1) is 9.60. The standard InChI is InChI=1S/C12H17N3O4S/c1-2-8-5-13-10(20-8)6-14-12(18)15-3-4-19-9(7-15)11(16)17/h5,9H,2-4,6-7H2,1H3,(H,14,18)(H,16,17). The van der Waals surface area contributed by atoms with Crippen LogP contribution in [0.15, 0.2) is 6.20 Å². The van der Waals surface area contributed by atoms with E-state index in [4.69, 9.17) is 9.84 Å². The number of aryl methyl sites for hydroxylation is 1. The molecule has 8 heteroatoms. The van der Waals surface area contributed by atoms with Gasteiger partial charge in [-0.2, -0.15) is 0 Å². The average Bonchev–Trinajstić information content (AvgIpc) is 2.93. The van der Waals surface area contributed by atoms with Gasteiger partial charge in [-0.25, -0.2) is 14.6 Å². The predicted octanol–water partition coefficient (Wildman–Crippen LogP) is 0.700. The summed E-state index contributed by atoms with van der Waals surface area (Å²) in [5.41, 5.74) is 0. The van der Waals surface area contributed by atoms with E-state index in [0.717, 1.165) is 11.4 Å². The van der Waals surface area contributed by atoms with Gasteiger partial charge in [0.1, 0.15) is 5.01 Å². The smallest absolute Gasteiger partial charge is 0.334 e. The zero-order chi connectivity index (χ0) is 14.5. The lowest BCUT2D eigenvalue weighted by Crippen LogP contribution is -2.51. The quantitative estimate of drug-likeness (QED) is 0.854. The van der Waals surface area contributed by atoms with Crippen molar-refractivity contribution in [3.63, 3.8) is 0 Å². The number of hydrogen-bond acceptors (Lipinski definition) is 5. The van der Waals surface area contributed by atoms with Gasteiger partial charge >= 0.3 is 12.0 Å². The van der Waals surface area contributed by atoms with E-state index >= 15 is 0 Å². The average molecular weight is 299 g/mol. The minimum Gasteiger partial charge on any atom is -0.479 e. The monoisotopic (exact) mass is 299 g/mol. The van der Waals surface area contributed by atoms with Gasteiger partial charge in [-0.1, -0.05) is 6.92 Å². The van der Waals surface area contributed by atoms with Crippen LogP contribution in [0.25, 0.3) is 0 Å². The molecule has 1 aromatic heterocycles. The van der Waals surface area contributed by atoms with Gasteiger partial charge in [0.05, 0.1) is 19.7 Å². The molecule has 1 fully saturated rings. The first-order valence-corrected chi connectivity index (χ1v) is 7.22. The highest BCUT2D eigenvalue weighted by molar-refractivity contribution is 7.11. The maximum Gasteiger partial charge on any atom is 0.334 e. The summed E-state index contributed by atoms with van der Waals surface area (Å²) < 4.78 is 5.07. The second kappa shape index (κ2) is 6.67. The van der Waals surface area contributed by atoms with Crippen molar-refractivity contribution in [3.05, 3.63) is 16.1 Å². The summed E-state index contributed by atoms with van der Waals surface area (Å²) in [6.07, 6.45) is 1.79. The van der Waals surface area contributed by atoms with E-state index in [9.17, 15) is 9.59 Å². The summed E-state index contributed by atoms with van der Waals surface area (Å²) in [5.74, 6) is -1.05. The lowest BCUT2D eigenvalue weighted by Gasteiger charge is -2.30. The summed E-state index contributed by atoms with van der Waals surface area (Å²) in [6, 6.07) is -0.284. The van der Waals surface area contributed by atoms with Crippen LogP contribution >= 0.6 is 11.3 Å². The molecule has 7 nitrogen and oxygen atoms in total. The molecule has 1 unspecified atom stereocenters. The SMILES string of the molecule is CCc1cnc(CNC(=O)N2CCOC(C(=O)O)C2)s1. The van der Waals surface area contributed by atoms with Crippen LogP contribution in [0.2, 0.25) is 0 Å². The van der Waals surface area contributed by atoms with Gasteiger partial charge in [0, 0.05) is 17.6 Å². The summed E-state index contributed by atoms with van der Waals surface area (Å²) >= 11 is 1.56. The van der Waals surface area contributed by atoms with Crippen LogP contribution in [-0.2, 0) is 22.5 Å². The van der Waals surface area contributed by atoms with E-state index in [2.05, 4.69) is 17.2 Å². The molecule has 1 aliphatic heterocycles. The molecular weight excluding hydrogens is 282 g/mol. The number of carboxylic acid groups (broad SMARTS) is 1. The van der Waals surface area contributed by atoms with E-state index in [1.165, 1.54) is 9.78 Å². The fourth-order valence-electron chi connectivity index (χ4n) is 1.84. The number of thiazole rings is 1. The number of urea groups is 1. The molecule has 0 aliphatic carbocycles. The lowest BCUT2D eigenvalue weighted by molar-refractivity contribution is -0.154. The van der Waals surface area contributed by atoms with Crippen molar-refractivity contribution in [1.82, 2.24) is 15.2 Å². The number of carbonyl (C=O) groups is 2. The first kappa shape index (κ1) is 14.7. The topological polar surface area (TPSA) is 91.8 Å². The minimum absolute atomic E-state index is 0.0687. The molecule has 1 aliphatic rings. The van der Waals surface area contributed by atoms with Crippen molar-refractivity contribution in [2.45, 2.75) is 26.0 Å². The number of nitrogens with zero attached hydrogens (tertiary/aromatic N) is 2. The molecule has 110 valence electrons. The Morgan fingerprint density at radius 3 is 3.10 bits per heavy atom. The number of amides is 2. The highest BCUT2D eigenvalue weighted by Crippen LogP contribution is 2.13. The third-order valence-corrected chi connectivity index (χ3v) is 4.11. The number of carboxylic acids is 1. The molecule has 2 N–H and O–H groups in total. The summed E-state index contributed by atoms with van der Waals surface area (Å²) in [5, 5.41) is 12.5. The Morgan fingerprint density at radius 2 is 2.45 bits per heavy atom. The molecule has 2 rings (SSSR count). The van der Waals surface area contributed by atoms with Crippen molar-refractivity contribution < 1.29 is 19.4 Å². The van der Waals surface area contributed by atoms with Gasteiger partial charge in [0.25, 0.3) is 0 Å². The maximum atomic E-state index is 12.0. The Hall–Kier alpha value is -1.67. The summed E-state index contributed by atoms with van der Waals surface area (Å²) in [7, 11) is 0. The van der Waals surface area contributed by atoms with Crippen molar-refractivity contribution in [2.24, 2.45) is 0 Å². The lowest BCUT2D eigenvalue weighted by atomic mass is 10.3. The molecule has 2 heterocycles. The van der Waals surface area contributed by atoms with Crippen molar-refractivity contribution in [1.29, 1.82) is 0 Å².